The summed E-state index contributed by atoms with van der Waals surface area (Å²) in [5, 5.41) is 0. The minimum Gasteiger partial charge on any atom is -0.295 e. The number of carbonyl (C=O) groups is 1. The van der Waals surface area contributed by atoms with Crippen LogP contribution in [0.25, 0.3) is 0 Å². The molecule has 0 atom stereocenters. The van der Waals surface area contributed by atoms with Gasteiger partial charge < -0.3 is 0 Å². The highest BCUT2D eigenvalue weighted by Gasteiger charge is 2.27. The predicted octanol–water partition coefficient (Wildman–Crippen LogP) is 3.82. The normalized spacial score (nSPS) is 18.7. The molecule has 1 aromatic rings. The number of hydrogen-bond acceptors (Lipinski definition) is 1. The predicted molar refractivity (Wildman–Crippen MR) is 66.2 cm³/mol. The Morgan fingerprint density at radius 3 is 2.50 bits per heavy atom. The van der Waals surface area contributed by atoms with E-state index in [1.54, 1.807) is 12.1 Å². The van der Waals surface area contributed by atoms with E-state index in [9.17, 15) is 13.6 Å². The van der Waals surface area contributed by atoms with Crippen molar-refractivity contribution in [3.63, 3.8) is 0 Å². The van der Waals surface area contributed by atoms with Crippen LogP contribution in [0.2, 0.25) is 0 Å². The molecule has 0 N–H and O–H groups in total. The second kappa shape index (κ2) is 4.63. The number of hydrogen-bond donors (Lipinski definition) is 0. The maximum absolute atomic E-state index is 13.1. The van der Waals surface area contributed by atoms with Crippen LogP contribution in [0.3, 0.4) is 0 Å². The van der Waals surface area contributed by atoms with E-state index in [0.717, 1.165) is 18.1 Å². The molecule has 96 valence electrons. The third kappa shape index (κ3) is 3.03. The summed E-state index contributed by atoms with van der Waals surface area (Å²) < 4.78 is 25.9. The number of rotatable bonds is 2. The van der Waals surface area contributed by atoms with E-state index in [1.807, 2.05) is 13.8 Å². The molecule has 0 spiro atoms. The van der Waals surface area contributed by atoms with Crippen molar-refractivity contribution in [3.05, 3.63) is 47.0 Å². The summed E-state index contributed by atoms with van der Waals surface area (Å²) in [5.41, 5.74) is 1.65. The maximum atomic E-state index is 13.1. The Morgan fingerprint density at radius 1 is 1.17 bits per heavy atom. The molecule has 0 aliphatic heterocycles. The van der Waals surface area contributed by atoms with E-state index < -0.39 is 11.6 Å². The molecule has 0 heterocycles. The van der Waals surface area contributed by atoms with Gasteiger partial charge in [-0.1, -0.05) is 25.5 Å². The van der Waals surface area contributed by atoms with E-state index in [-0.39, 0.29) is 11.2 Å². The largest absolute Gasteiger partial charge is 0.295 e. The average molecular weight is 250 g/mol. The second-order valence-electron chi connectivity index (χ2n) is 5.71. The van der Waals surface area contributed by atoms with Crippen LogP contribution in [-0.4, -0.2) is 5.78 Å². The van der Waals surface area contributed by atoms with Gasteiger partial charge in [-0.05, 0) is 42.0 Å². The SMILES string of the molecule is CC1(C)CC(=O)C=C(Cc2ccc(F)c(F)c2)C1. The summed E-state index contributed by atoms with van der Waals surface area (Å²) in [4.78, 5) is 11.6. The van der Waals surface area contributed by atoms with Gasteiger partial charge in [0, 0.05) is 6.42 Å². The number of carbonyl (C=O) groups excluding carboxylic acids is 1. The van der Waals surface area contributed by atoms with E-state index in [2.05, 4.69) is 0 Å². The highest BCUT2D eigenvalue weighted by atomic mass is 19.2. The number of ketones is 1. The third-order valence-corrected chi connectivity index (χ3v) is 3.14. The molecule has 0 amide bonds. The molecule has 1 aliphatic rings. The van der Waals surface area contributed by atoms with Gasteiger partial charge in [-0.15, -0.1) is 0 Å². The van der Waals surface area contributed by atoms with Gasteiger partial charge in [0.1, 0.15) is 0 Å². The number of allylic oxidation sites excluding steroid dienone is 2. The van der Waals surface area contributed by atoms with Gasteiger partial charge in [0.2, 0.25) is 0 Å². The first-order chi connectivity index (χ1) is 8.35. The standard InChI is InChI=1S/C15H16F2O/c1-15(2)8-11(6-12(18)9-15)5-10-3-4-13(16)14(17)7-10/h3-4,6-7H,5,8-9H2,1-2H3. The van der Waals surface area contributed by atoms with Gasteiger partial charge in [0.15, 0.2) is 17.4 Å². The Labute approximate surface area is 106 Å². The minimum atomic E-state index is -0.840. The average Bonchev–Trinajstić information content (AvgIpc) is 2.20. The van der Waals surface area contributed by atoms with Gasteiger partial charge in [0.25, 0.3) is 0 Å². The van der Waals surface area contributed by atoms with Crippen molar-refractivity contribution in [2.75, 3.05) is 0 Å². The van der Waals surface area contributed by atoms with Crippen molar-refractivity contribution in [2.45, 2.75) is 33.1 Å². The third-order valence-electron chi connectivity index (χ3n) is 3.14. The van der Waals surface area contributed by atoms with Crippen molar-refractivity contribution in [3.8, 4) is 0 Å². The monoisotopic (exact) mass is 250 g/mol. The summed E-state index contributed by atoms with van der Waals surface area (Å²) >= 11 is 0. The highest BCUT2D eigenvalue weighted by Crippen LogP contribution is 2.34. The Morgan fingerprint density at radius 2 is 1.89 bits per heavy atom. The van der Waals surface area contributed by atoms with Crippen LogP contribution < -0.4 is 0 Å². The molecule has 0 saturated heterocycles. The van der Waals surface area contributed by atoms with Gasteiger partial charge in [-0.3, -0.25) is 4.79 Å². The summed E-state index contributed by atoms with van der Waals surface area (Å²) in [6.07, 6.45) is 3.52. The van der Waals surface area contributed by atoms with E-state index in [0.29, 0.717) is 18.4 Å². The van der Waals surface area contributed by atoms with Crippen LogP contribution in [0.1, 0.15) is 32.3 Å². The molecule has 0 radical (unpaired) electrons. The molecule has 0 unspecified atom stereocenters. The number of benzene rings is 1. The molecular weight excluding hydrogens is 234 g/mol. The Balaban J connectivity index is 2.18. The van der Waals surface area contributed by atoms with Crippen molar-refractivity contribution in [2.24, 2.45) is 5.41 Å². The molecule has 0 aromatic heterocycles. The molecule has 1 aliphatic carbocycles. The van der Waals surface area contributed by atoms with Gasteiger partial charge in [-0.2, -0.15) is 0 Å². The Bertz CT molecular complexity index is 515. The Kier molecular flexibility index (Phi) is 3.33. The molecule has 2 rings (SSSR count). The molecule has 0 saturated carbocycles. The first kappa shape index (κ1) is 12.9. The van der Waals surface area contributed by atoms with Crippen LogP contribution in [0.4, 0.5) is 8.78 Å². The van der Waals surface area contributed by atoms with Crippen molar-refractivity contribution >= 4 is 5.78 Å². The first-order valence-electron chi connectivity index (χ1n) is 6.02. The van der Waals surface area contributed by atoms with Crippen LogP contribution in [0.5, 0.6) is 0 Å². The van der Waals surface area contributed by atoms with Gasteiger partial charge >= 0.3 is 0 Å². The molecule has 0 fully saturated rings. The maximum Gasteiger partial charge on any atom is 0.159 e. The lowest BCUT2D eigenvalue weighted by atomic mass is 9.75. The summed E-state index contributed by atoms with van der Waals surface area (Å²) in [6.45, 7) is 4.09. The van der Waals surface area contributed by atoms with Gasteiger partial charge in [-0.25, -0.2) is 8.78 Å². The fraction of sp³-hybridized carbons (Fsp3) is 0.400. The van der Waals surface area contributed by atoms with Gasteiger partial charge in [0.05, 0.1) is 0 Å². The van der Waals surface area contributed by atoms with Crippen LogP contribution in [0.15, 0.2) is 29.8 Å². The molecule has 0 bridgehead atoms. The molecule has 18 heavy (non-hydrogen) atoms. The van der Waals surface area contributed by atoms with E-state index in [1.165, 1.54) is 6.07 Å². The van der Waals surface area contributed by atoms with Crippen LogP contribution in [0, 0.1) is 17.0 Å². The molecule has 1 aromatic carbocycles. The number of halogens is 2. The highest BCUT2D eigenvalue weighted by molar-refractivity contribution is 5.91. The summed E-state index contributed by atoms with van der Waals surface area (Å²) in [5.74, 6) is -1.56. The smallest absolute Gasteiger partial charge is 0.159 e. The lowest BCUT2D eigenvalue weighted by Gasteiger charge is -2.28. The zero-order valence-electron chi connectivity index (χ0n) is 10.6. The molecule has 3 heteroatoms. The first-order valence-corrected chi connectivity index (χ1v) is 6.02. The molecular formula is C15H16F2O. The van der Waals surface area contributed by atoms with E-state index in [4.69, 9.17) is 0 Å². The van der Waals surface area contributed by atoms with Crippen molar-refractivity contribution in [1.29, 1.82) is 0 Å². The lowest BCUT2D eigenvalue weighted by Crippen LogP contribution is -2.22. The fourth-order valence-corrected chi connectivity index (χ4v) is 2.50. The molecule has 1 nitrogen and oxygen atoms in total. The quantitative estimate of drug-likeness (QED) is 0.779. The zero-order chi connectivity index (χ0) is 13.3. The zero-order valence-corrected chi connectivity index (χ0v) is 10.6. The summed E-state index contributed by atoms with van der Waals surface area (Å²) in [7, 11) is 0. The second-order valence-corrected chi connectivity index (χ2v) is 5.71. The van der Waals surface area contributed by atoms with Crippen LogP contribution >= 0.6 is 0 Å². The lowest BCUT2D eigenvalue weighted by molar-refractivity contribution is -0.117. The topological polar surface area (TPSA) is 17.1 Å². The van der Waals surface area contributed by atoms with Crippen molar-refractivity contribution in [1.82, 2.24) is 0 Å². The van der Waals surface area contributed by atoms with Crippen LogP contribution in [-0.2, 0) is 11.2 Å². The van der Waals surface area contributed by atoms with E-state index >= 15 is 0 Å². The minimum absolute atomic E-state index is 0.0419. The summed E-state index contributed by atoms with van der Waals surface area (Å²) in [6, 6.07) is 3.88. The fourth-order valence-electron chi connectivity index (χ4n) is 2.50. The van der Waals surface area contributed by atoms with Crippen molar-refractivity contribution < 1.29 is 13.6 Å². The Hall–Kier alpha value is -1.51.